The highest BCUT2D eigenvalue weighted by Gasteiger charge is 2.27. The number of hydrogen-bond acceptors (Lipinski definition) is 4. The topological polar surface area (TPSA) is 86.6 Å². The summed E-state index contributed by atoms with van der Waals surface area (Å²) < 4.78 is 15.6. The summed E-state index contributed by atoms with van der Waals surface area (Å²) in [5, 5.41) is 15.8. The fourth-order valence-electron chi connectivity index (χ4n) is 4.03. The Hall–Kier alpha value is -2.97. The summed E-state index contributed by atoms with van der Waals surface area (Å²) in [4.78, 5) is 27.2. The van der Waals surface area contributed by atoms with Crippen LogP contribution in [-0.2, 0) is 11.8 Å². The number of rotatable bonds is 7. The van der Waals surface area contributed by atoms with Crippen molar-refractivity contribution in [2.24, 2.45) is 7.05 Å². The van der Waals surface area contributed by atoms with Crippen LogP contribution in [-0.4, -0.2) is 52.3 Å². The molecule has 166 valence electrons. The van der Waals surface area contributed by atoms with Gasteiger partial charge in [0.2, 0.25) is 0 Å². The standard InChI is InChI=1S/C23H29FN4O3/c1-6-28(7-2)20(29)12-25-23(31)21-13(3)19(27(5)14(21)4)11-17-16-10-15(24)8-9-18(16)26-22(17)30/h8-11,20,29H,6-7,12H2,1-5H3,(H,25,31)(H,26,30)/b17-11-. The third-order valence-electron chi connectivity index (χ3n) is 5.94. The summed E-state index contributed by atoms with van der Waals surface area (Å²) in [6.07, 6.45) is 0.920. The van der Waals surface area contributed by atoms with E-state index in [0.29, 0.717) is 46.7 Å². The Kier molecular flexibility index (Phi) is 6.62. The van der Waals surface area contributed by atoms with Crippen LogP contribution in [0.3, 0.4) is 0 Å². The lowest BCUT2D eigenvalue weighted by atomic mass is 10.0. The predicted molar refractivity (Wildman–Crippen MR) is 119 cm³/mol. The van der Waals surface area contributed by atoms with Crippen LogP contribution in [0.25, 0.3) is 11.6 Å². The predicted octanol–water partition coefficient (Wildman–Crippen LogP) is 2.66. The third kappa shape index (κ3) is 4.26. The first kappa shape index (κ1) is 22.7. The summed E-state index contributed by atoms with van der Waals surface area (Å²) in [6, 6.07) is 4.16. The Balaban J connectivity index is 1.92. The summed E-state index contributed by atoms with van der Waals surface area (Å²) in [5.74, 6) is -1.02. The number of hydrogen-bond donors (Lipinski definition) is 3. The summed E-state index contributed by atoms with van der Waals surface area (Å²) in [6.45, 7) is 9.00. The van der Waals surface area contributed by atoms with Crippen molar-refractivity contribution in [2.45, 2.75) is 33.9 Å². The maximum absolute atomic E-state index is 13.7. The summed E-state index contributed by atoms with van der Waals surface area (Å²) >= 11 is 0. The Morgan fingerprint density at radius 2 is 2.00 bits per heavy atom. The Morgan fingerprint density at radius 1 is 1.32 bits per heavy atom. The fraction of sp³-hybridized carbons (Fsp3) is 0.391. The molecule has 2 aromatic rings. The zero-order valence-corrected chi connectivity index (χ0v) is 18.5. The van der Waals surface area contributed by atoms with Crippen LogP contribution < -0.4 is 10.6 Å². The number of halogens is 1. The number of nitrogens with zero attached hydrogens (tertiary/aromatic N) is 2. The first-order valence-electron chi connectivity index (χ1n) is 10.4. The lowest BCUT2D eigenvalue weighted by Gasteiger charge is -2.25. The number of likely N-dealkylation sites (N-methyl/N-ethyl adjacent to an activating group) is 1. The van der Waals surface area contributed by atoms with Gasteiger partial charge in [-0.15, -0.1) is 0 Å². The molecule has 7 nitrogen and oxygen atoms in total. The molecule has 2 heterocycles. The molecule has 0 aliphatic carbocycles. The molecule has 3 N–H and O–H groups in total. The van der Waals surface area contributed by atoms with Gasteiger partial charge in [0.25, 0.3) is 11.8 Å². The number of anilines is 1. The van der Waals surface area contributed by atoms with Crippen molar-refractivity contribution in [3.8, 4) is 0 Å². The van der Waals surface area contributed by atoms with Crippen LogP contribution in [0.2, 0.25) is 0 Å². The quantitative estimate of drug-likeness (QED) is 0.468. The molecule has 0 saturated carbocycles. The number of aromatic nitrogens is 1. The van der Waals surface area contributed by atoms with Crippen molar-refractivity contribution in [1.29, 1.82) is 0 Å². The van der Waals surface area contributed by atoms with E-state index in [1.807, 2.05) is 44.2 Å². The number of fused-ring (bicyclic) bond motifs is 1. The zero-order chi connectivity index (χ0) is 22.9. The van der Waals surface area contributed by atoms with Crippen LogP contribution in [0.15, 0.2) is 18.2 Å². The average molecular weight is 429 g/mol. The number of aliphatic hydroxyl groups excluding tert-OH is 1. The number of carbonyl (C=O) groups excluding carboxylic acids is 2. The molecule has 1 atom stereocenters. The SMILES string of the molecule is CCN(CC)C(O)CNC(=O)c1c(C)c(/C=C2\C(=O)Nc3ccc(F)cc32)n(C)c1C. The average Bonchev–Trinajstić information content (AvgIpc) is 3.15. The van der Waals surface area contributed by atoms with Gasteiger partial charge in [-0.3, -0.25) is 14.5 Å². The minimum absolute atomic E-state index is 0.111. The van der Waals surface area contributed by atoms with E-state index in [9.17, 15) is 19.1 Å². The van der Waals surface area contributed by atoms with Gasteiger partial charge in [0.15, 0.2) is 0 Å². The van der Waals surface area contributed by atoms with E-state index in [-0.39, 0.29) is 18.4 Å². The van der Waals surface area contributed by atoms with E-state index < -0.39 is 12.0 Å². The normalized spacial score (nSPS) is 15.4. The van der Waals surface area contributed by atoms with Gasteiger partial charge >= 0.3 is 0 Å². The lowest BCUT2D eigenvalue weighted by molar-refractivity contribution is -0.110. The molecule has 0 saturated heterocycles. The van der Waals surface area contributed by atoms with Crippen molar-refractivity contribution in [1.82, 2.24) is 14.8 Å². The van der Waals surface area contributed by atoms with Gasteiger partial charge in [-0.05, 0) is 56.8 Å². The van der Waals surface area contributed by atoms with Gasteiger partial charge in [-0.25, -0.2) is 4.39 Å². The van der Waals surface area contributed by atoms with E-state index in [4.69, 9.17) is 0 Å². The Labute approximate surface area is 181 Å². The largest absolute Gasteiger partial charge is 0.377 e. The maximum Gasteiger partial charge on any atom is 0.256 e. The molecule has 0 bridgehead atoms. The van der Waals surface area contributed by atoms with Crippen LogP contribution in [0.4, 0.5) is 10.1 Å². The summed E-state index contributed by atoms with van der Waals surface area (Å²) in [7, 11) is 1.82. The second-order valence-corrected chi connectivity index (χ2v) is 7.64. The van der Waals surface area contributed by atoms with Crippen molar-refractivity contribution in [3.05, 3.63) is 52.1 Å². The van der Waals surface area contributed by atoms with Crippen molar-refractivity contribution >= 4 is 29.2 Å². The van der Waals surface area contributed by atoms with Crippen LogP contribution >= 0.6 is 0 Å². The molecular weight excluding hydrogens is 399 g/mol. The second kappa shape index (κ2) is 9.03. The van der Waals surface area contributed by atoms with E-state index in [0.717, 1.165) is 5.69 Å². The Bertz CT molecular complexity index is 1050. The molecule has 0 radical (unpaired) electrons. The third-order valence-corrected chi connectivity index (χ3v) is 5.94. The number of benzene rings is 1. The van der Waals surface area contributed by atoms with Gasteiger partial charge in [0, 0.05) is 29.7 Å². The minimum Gasteiger partial charge on any atom is -0.377 e. The van der Waals surface area contributed by atoms with Crippen molar-refractivity contribution in [2.75, 3.05) is 25.0 Å². The zero-order valence-electron chi connectivity index (χ0n) is 18.5. The molecule has 1 aromatic heterocycles. The van der Waals surface area contributed by atoms with Gasteiger partial charge in [0.05, 0.1) is 17.7 Å². The highest BCUT2D eigenvalue weighted by Crippen LogP contribution is 2.35. The van der Waals surface area contributed by atoms with Gasteiger partial charge in [0.1, 0.15) is 12.0 Å². The highest BCUT2D eigenvalue weighted by molar-refractivity contribution is 6.35. The summed E-state index contributed by atoms with van der Waals surface area (Å²) in [5.41, 5.74) is 4.04. The number of amides is 2. The molecule has 3 rings (SSSR count). The van der Waals surface area contributed by atoms with Gasteiger partial charge in [-0.1, -0.05) is 13.8 Å². The number of aliphatic hydroxyl groups is 1. The first-order valence-corrected chi connectivity index (χ1v) is 10.4. The first-order chi connectivity index (χ1) is 14.7. The molecule has 1 aliphatic rings. The monoisotopic (exact) mass is 428 g/mol. The van der Waals surface area contributed by atoms with Crippen LogP contribution in [0.5, 0.6) is 0 Å². The smallest absolute Gasteiger partial charge is 0.256 e. The van der Waals surface area contributed by atoms with Crippen LogP contribution in [0, 0.1) is 19.7 Å². The van der Waals surface area contributed by atoms with Gasteiger partial charge < -0.3 is 20.3 Å². The number of nitrogens with one attached hydrogen (secondary N) is 2. The number of carbonyl (C=O) groups is 2. The Morgan fingerprint density at radius 3 is 2.65 bits per heavy atom. The van der Waals surface area contributed by atoms with E-state index in [1.54, 1.807) is 6.08 Å². The molecule has 8 heteroatoms. The molecule has 2 amide bonds. The van der Waals surface area contributed by atoms with Crippen molar-refractivity contribution < 1.29 is 19.1 Å². The molecule has 31 heavy (non-hydrogen) atoms. The highest BCUT2D eigenvalue weighted by atomic mass is 19.1. The van der Waals surface area contributed by atoms with Crippen molar-refractivity contribution in [3.63, 3.8) is 0 Å². The molecule has 1 aliphatic heterocycles. The van der Waals surface area contributed by atoms with E-state index in [1.165, 1.54) is 18.2 Å². The minimum atomic E-state index is -0.765. The molecule has 1 aromatic carbocycles. The molecule has 1 unspecified atom stereocenters. The second-order valence-electron chi connectivity index (χ2n) is 7.64. The molecule has 0 spiro atoms. The molecule has 0 fully saturated rings. The van der Waals surface area contributed by atoms with E-state index >= 15 is 0 Å². The van der Waals surface area contributed by atoms with Gasteiger partial charge in [-0.2, -0.15) is 0 Å². The van der Waals surface area contributed by atoms with E-state index in [2.05, 4.69) is 10.6 Å². The van der Waals surface area contributed by atoms with Crippen LogP contribution in [0.1, 0.15) is 46.7 Å². The maximum atomic E-state index is 13.7. The fourth-order valence-corrected chi connectivity index (χ4v) is 4.03. The molecular formula is C23H29FN4O3. The lowest BCUT2D eigenvalue weighted by Crippen LogP contribution is -2.43.